The highest BCUT2D eigenvalue weighted by atomic mass is 32.2. The Hall–Kier alpha value is -2.59. The molecule has 1 saturated heterocycles. The van der Waals surface area contributed by atoms with Crippen LogP contribution in [0.2, 0.25) is 0 Å². The third kappa shape index (κ3) is 3.78. The molecule has 3 fully saturated rings. The lowest BCUT2D eigenvalue weighted by atomic mass is 9.68. The number of benzene rings is 1. The molecule has 0 spiro atoms. The van der Waals surface area contributed by atoms with Crippen molar-refractivity contribution in [3.8, 4) is 0 Å². The Morgan fingerprint density at radius 1 is 1.08 bits per heavy atom. The molecule has 2 aromatic rings. The van der Waals surface area contributed by atoms with Crippen molar-refractivity contribution in [3.05, 3.63) is 44.4 Å². The van der Waals surface area contributed by atoms with Crippen LogP contribution in [0.4, 0.5) is 5.69 Å². The van der Waals surface area contributed by atoms with Crippen LogP contribution in [0.3, 0.4) is 0 Å². The maximum Gasteiger partial charge on any atom is 0.305 e. The van der Waals surface area contributed by atoms with E-state index in [1.807, 2.05) is 0 Å². The van der Waals surface area contributed by atoms with E-state index in [9.17, 15) is 19.2 Å². The fraction of sp³-hybridized carbons (Fsp3) is 0.556. The fourth-order valence-electron chi connectivity index (χ4n) is 7.54. The van der Waals surface area contributed by atoms with Crippen molar-refractivity contribution in [3.63, 3.8) is 0 Å². The van der Waals surface area contributed by atoms with Gasteiger partial charge in [-0.2, -0.15) is 0 Å². The number of carboxylic acid groups (broad SMARTS) is 1. The zero-order valence-electron chi connectivity index (χ0n) is 20.9. The first-order chi connectivity index (χ1) is 17.8. The van der Waals surface area contributed by atoms with Crippen molar-refractivity contribution in [1.29, 1.82) is 0 Å². The number of imide groups is 1. The first-order valence-corrected chi connectivity index (χ1v) is 14.8. The molecule has 2 bridgehead atoms. The SMILES string of the molecule is CCN(CC)c1ccc([C@@H]2c3sc(=O)[nH]c3S[C@@H]3[C@@H]4C[C@H]([C@H]5C(=O)N(CCCC(=O)O)C(=O)[C@H]45)[C@H]23)cc1. The number of H-pyrrole nitrogens is 1. The van der Waals surface area contributed by atoms with Crippen LogP contribution in [0.25, 0.3) is 0 Å². The second kappa shape index (κ2) is 9.31. The third-order valence-corrected chi connectivity index (χ3v) is 11.6. The molecule has 2 aliphatic carbocycles. The molecule has 6 rings (SSSR count). The number of amides is 2. The van der Waals surface area contributed by atoms with Crippen LogP contribution >= 0.6 is 23.1 Å². The minimum atomic E-state index is -0.920. The van der Waals surface area contributed by atoms with Crippen LogP contribution in [0.15, 0.2) is 34.1 Å². The van der Waals surface area contributed by atoms with Gasteiger partial charge in [-0.25, -0.2) is 0 Å². The summed E-state index contributed by atoms with van der Waals surface area (Å²) < 4.78 is 0. The highest BCUT2D eigenvalue weighted by Gasteiger charge is 2.69. The summed E-state index contributed by atoms with van der Waals surface area (Å²) >= 11 is 2.96. The largest absolute Gasteiger partial charge is 0.481 e. The number of aromatic nitrogens is 1. The molecule has 8 nitrogen and oxygen atoms in total. The number of hydrogen-bond donors (Lipinski definition) is 2. The molecule has 3 heterocycles. The molecule has 0 unspecified atom stereocenters. The second-order valence-electron chi connectivity index (χ2n) is 10.5. The zero-order chi connectivity index (χ0) is 26.0. The van der Waals surface area contributed by atoms with Crippen LogP contribution in [0.5, 0.6) is 0 Å². The number of fused-ring (bicyclic) bond motifs is 9. The number of thioether (sulfide) groups is 1. The molecule has 1 aromatic heterocycles. The Morgan fingerprint density at radius 2 is 1.76 bits per heavy atom. The molecule has 4 aliphatic rings. The minimum Gasteiger partial charge on any atom is -0.481 e. The van der Waals surface area contributed by atoms with E-state index < -0.39 is 5.97 Å². The summed E-state index contributed by atoms with van der Waals surface area (Å²) in [6.07, 6.45) is 1.08. The van der Waals surface area contributed by atoms with Crippen molar-refractivity contribution >= 4 is 46.6 Å². The van der Waals surface area contributed by atoms with Crippen LogP contribution < -0.4 is 9.77 Å². The van der Waals surface area contributed by atoms with Crippen molar-refractivity contribution in [2.75, 3.05) is 24.5 Å². The number of likely N-dealkylation sites (tertiary alicyclic amines) is 1. The van der Waals surface area contributed by atoms with E-state index in [2.05, 4.69) is 48.0 Å². The van der Waals surface area contributed by atoms with Crippen LogP contribution in [-0.4, -0.2) is 57.7 Å². The number of anilines is 1. The van der Waals surface area contributed by atoms with E-state index in [4.69, 9.17) is 5.11 Å². The quantitative estimate of drug-likeness (QED) is 0.491. The van der Waals surface area contributed by atoms with E-state index in [1.54, 1.807) is 11.8 Å². The Kier molecular flexibility index (Phi) is 6.22. The summed E-state index contributed by atoms with van der Waals surface area (Å²) in [5.41, 5.74) is 2.32. The van der Waals surface area contributed by atoms with Crippen molar-refractivity contribution in [2.24, 2.45) is 29.6 Å². The lowest BCUT2D eigenvalue weighted by Gasteiger charge is -2.43. The molecule has 10 heteroatoms. The van der Waals surface area contributed by atoms with E-state index >= 15 is 0 Å². The van der Waals surface area contributed by atoms with Gasteiger partial charge in [0.25, 0.3) is 0 Å². The lowest BCUT2D eigenvalue weighted by Crippen LogP contribution is -2.42. The Morgan fingerprint density at radius 3 is 2.41 bits per heavy atom. The van der Waals surface area contributed by atoms with Crippen molar-refractivity contribution < 1.29 is 19.5 Å². The average Bonchev–Trinajstić information content (AvgIpc) is 3.60. The van der Waals surface area contributed by atoms with Crippen LogP contribution in [-0.2, 0) is 14.4 Å². The number of carbonyl (C=O) groups excluding carboxylic acids is 2. The molecule has 2 saturated carbocycles. The third-order valence-electron chi connectivity index (χ3n) is 8.97. The number of thiazole rings is 1. The summed E-state index contributed by atoms with van der Waals surface area (Å²) in [7, 11) is 0. The van der Waals surface area contributed by atoms with Gasteiger partial charge < -0.3 is 15.0 Å². The molecule has 7 atom stereocenters. The number of carbonyl (C=O) groups is 3. The van der Waals surface area contributed by atoms with Gasteiger partial charge in [-0.3, -0.25) is 24.1 Å². The summed E-state index contributed by atoms with van der Waals surface area (Å²) in [6.45, 7) is 6.31. The van der Waals surface area contributed by atoms with Crippen LogP contribution in [0, 0.1) is 29.6 Å². The molecule has 196 valence electrons. The maximum absolute atomic E-state index is 13.5. The normalized spacial score (nSPS) is 31.4. The molecule has 37 heavy (non-hydrogen) atoms. The van der Waals surface area contributed by atoms with Gasteiger partial charge in [-0.1, -0.05) is 23.5 Å². The van der Waals surface area contributed by atoms with Gasteiger partial charge in [0.15, 0.2) is 0 Å². The average molecular weight is 542 g/mol. The molecule has 0 radical (unpaired) electrons. The fourth-order valence-corrected chi connectivity index (χ4v) is 10.4. The van der Waals surface area contributed by atoms with Gasteiger partial charge in [0.1, 0.15) is 0 Å². The van der Waals surface area contributed by atoms with Gasteiger partial charge in [-0.05, 0) is 62.1 Å². The number of rotatable bonds is 8. The van der Waals surface area contributed by atoms with Gasteiger partial charge >= 0.3 is 10.8 Å². The molecule has 1 aromatic carbocycles. The second-order valence-corrected chi connectivity index (χ2v) is 12.8. The highest BCUT2D eigenvalue weighted by Crippen LogP contribution is 2.68. The predicted octanol–water partition coefficient (Wildman–Crippen LogP) is 3.62. The number of nitrogens with one attached hydrogen (secondary N) is 1. The predicted molar refractivity (Wildman–Crippen MR) is 142 cm³/mol. The van der Waals surface area contributed by atoms with Gasteiger partial charge in [0.2, 0.25) is 11.8 Å². The molecular formula is C27H31N3O5S2. The molecule has 2 N–H and O–H groups in total. The van der Waals surface area contributed by atoms with E-state index in [-0.39, 0.29) is 76.8 Å². The van der Waals surface area contributed by atoms with Gasteiger partial charge in [0.05, 0.1) is 16.9 Å². The van der Waals surface area contributed by atoms with E-state index in [0.29, 0.717) is 0 Å². The Bertz CT molecular complexity index is 1300. The number of aromatic amines is 1. The molecule has 2 aliphatic heterocycles. The monoisotopic (exact) mass is 541 g/mol. The Balaban J connectivity index is 1.35. The Labute approximate surface area is 223 Å². The molecular weight excluding hydrogens is 510 g/mol. The standard InChI is InChI=1S/C27H31N3O5S2/c1-3-29(4-2)14-9-7-13(8-10-14)18-19-15-12-16(22(19)36-24-23(18)37-27(35)28-24)21-20(15)25(33)30(26(21)34)11-5-6-17(31)32/h7-10,15-16,18-22H,3-6,11-12H2,1-2H3,(H,28,35)(H,31,32)/t15-,16+,18-,19+,20+,21+,22+/m0/s1. The number of carboxylic acids is 1. The highest BCUT2D eigenvalue weighted by molar-refractivity contribution is 8.00. The number of aliphatic carboxylic acids is 1. The topological polar surface area (TPSA) is 111 Å². The van der Waals surface area contributed by atoms with Crippen molar-refractivity contribution in [1.82, 2.24) is 9.88 Å². The first-order valence-electron chi connectivity index (χ1n) is 13.2. The zero-order valence-corrected chi connectivity index (χ0v) is 22.5. The van der Waals surface area contributed by atoms with Crippen LogP contribution in [0.1, 0.15) is 49.5 Å². The van der Waals surface area contributed by atoms with Gasteiger partial charge in [0, 0.05) is 47.8 Å². The number of hydrogen-bond acceptors (Lipinski definition) is 7. The summed E-state index contributed by atoms with van der Waals surface area (Å²) in [5.74, 6) is -1.49. The number of nitrogens with zero attached hydrogens (tertiary/aromatic N) is 2. The summed E-state index contributed by atoms with van der Waals surface area (Å²) in [4.78, 5) is 58.0. The smallest absolute Gasteiger partial charge is 0.305 e. The molecule has 2 amide bonds. The first kappa shape index (κ1) is 24.7. The summed E-state index contributed by atoms with van der Waals surface area (Å²) in [6, 6.07) is 8.64. The maximum atomic E-state index is 13.5. The van der Waals surface area contributed by atoms with E-state index in [0.717, 1.165) is 35.0 Å². The van der Waals surface area contributed by atoms with E-state index in [1.165, 1.54) is 21.9 Å². The summed E-state index contributed by atoms with van der Waals surface area (Å²) in [5, 5.41) is 10.1. The lowest BCUT2D eigenvalue weighted by molar-refractivity contribution is -0.142. The minimum absolute atomic E-state index is 0.0101. The van der Waals surface area contributed by atoms with Gasteiger partial charge in [-0.15, -0.1) is 11.8 Å². The van der Waals surface area contributed by atoms with Crippen molar-refractivity contribution in [2.45, 2.75) is 49.3 Å².